The number of benzene rings is 1. The smallest absolute Gasteiger partial charge is 0.233 e. The summed E-state index contributed by atoms with van der Waals surface area (Å²) < 4.78 is 1.41. The zero-order valence-corrected chi connectivity index (χ0v) is 15.9. The zero-order valence-electron chi connectivity index (χ0n) is 14.4. The fraction of sp³-hybridized carbons (Fsp3) is 0.471. The number of carbonyl (C=O) groups is 1. The van der Waals surface area contributed by atoms with Crippen LogP contribution in [-0.2, 0) is 4.79 Å². The molecule has 0 aliphatic carbocycles. The number of carbonyl (C=O) groups excluding carboxylic acids is 1. The second-order valence-electron chi connectivity index (χ2n) is 6.41. The predicted octanol–water partition coefficient (Wildman–Crippen LogP) is 3.19. The first-order valence-corrected chi connectivity index (χ1v) is 9.74. The number of amides is 1. The fourth-order valence-electron chi connectivity index (χ4n) is 3.31. The number of aromatic nitrogens is 3. The van der Waals surface area contributed by atoms with Gasteiger partial charge in [-0.3, -0.25) is 4.79 Å². The Kier molecular flexibility index (Phi) is 5.54. The Morgan fingerprint density at radius 3 is 2.72 bits per heavy atom. The van der Waals surface area contributed by atoms with Crippen LogP contribution in [0, 0.1) is 0 Å². The Morgan fingerprint density at radius 2 is 2.04 bits per heavy atom. The SMILES string of the molecule is CC1CCCC(C)N1C(=O)CSc1nnc(-c2cccc(Cl)c2)n1N. The Bertz CT molecular complexity index is 755. The lowest BCUT2D eigenvalue weighted by Gasteiger charge is -2.39. The van der Waals surface area contributed by atoms with E-state index in [-0.39, 0.29) is 18.0 Å². The molecule has 8 heteroatoms. The highest BCUT2D eigenvalue weighted by Crippen LogP contribution is 2.26. The van der Waals surface area contributed by atoms with Gasteiger partial charge in [0.05, 0.1) is 5.75 Å². The summed E-state index contributed by atoms with van der Waals surface area (Å²) in [6.45, 7) is 4.22. The van der Waals surface area contributed by atoms with Gasteiger partial charge in [-0.15, -0.1) is 10.2 Å². The monoisotopic (exact) mass is 379 g/mol. The molecule has 25 heavy (non-hydrogen) atoms. The molecule has 2 N–H and O–H groups in total. The van der Waals surface area contributed by atoms with Crippen molar-refractivity contribution in [1.82, 2.24) is 19.8 Å². The molecule has 1 aliphatic rings. The van der Waals surface area contributed by atoms with Crippen LogP contribution >= 0.6 is 23.4 Å². The lowest BCUT2D eigenvalue weighted by atomic mass is 9.98. The normalized spacial score (nSPS) is 20.7. The van der Waals surface area contributed by atoms with Crippen LogP contribution in [0.25, 0.3) is 11.4 Å². The van der Waals surface area contributed by atoms with Crippen molar-refractivity contribution >= 4 is 29.3 Å². The lowest BCUT2D eigenvalue weighted by Crippen LogP contribution is -2.48. The van der Waals surface area contributed by atoms with Crippen molar-refractivity contribution < 1.29 is 4.79 Å². The van der Waals surface area contributed by atoms with Gasteiger partial charge in [0.1, 0.15) is 0 Å². The van der Waals surface area contributed by atoms with E-state index in [1.165, 1.54) is 22.9 Å². The van der Waals surface area contributed by atoms with E-state index in [0.29, 0.717) is 21.8 Å². The maximum absolute atomic E-state index is 12.6. The van der Waals surface area contributed by atoms with Crippen molar-refractivity contribution in [2.45, 2.75) is 50.4 Å². The van der Waals surface area contributed by atoms with Crippen LogP contribution in [0.1, 0.15) is 33.1 Å². The second-order valence-corrected chi connectivity index (χ2v) is 7.78. The number of nitrogen functional groups attached to an aromatic ring is 1. The molecule has 2 atom stereocenters. The third-order valence-corrected chi connectivity index (χ3v) is 5.72. The summed E-state index contributed by atoms with van der Waals surface area (Å²) in [6, 6.07) is 7.85. The molecular formula is C17H22ClN5OS. The van der Waals surface area contributed by atoms with Crippen LogP contribution in [0.2, 0.25) is 5.02 Å². The van der Waals surface area contributed by atoms with Crippen molar-refractivity contribution in [2.24, 2.45) is 0 Å². The van der Waals surface area contributed by atoms with Crippen molar-refractivity contribution in [3.8, 4) is 11.4 Å². The molecule has 0 radical (unpaired) electrons. The topological polar surface area (TPSA) is 77.0 Å². The van der Waals surface area contributed by atoms with E-state index in [1.807, 2.05) is 17.0 Å². The Morgan fingerprint density at radius 1 is 1.32 bits per heavy atom. The van der Waals surface area contributed by atoms with Crippen LogP contribution in [0.4, 0.5) is 0 Å². The minimum absolute atomic E-state index is 0.122. The van der Waals surface area contributed by atoms with E-state index in [4.69, 9.17) is 17.4 Å². The maximum Gasteiger partial charge on any atom is 0.233 e. The molecule has 2 unspecified atom stereocenters. The van der Waals surface area contributed by atoms with Gasteiger partial charge in [0.15, 0.2) is 5.82 Å². The van der Waals surface area contributed by atoms with Crippen molar-refractivity contribution in [2.75, 3.05) is 11.6 Å². The van der Waals surface area contributed by atoms with Crippen LogP contribution in [-0.4, -0.2) is 43.5 Å². The van der Waals surface area contributed by atoms with Gasteiger partial charge in [-0.25, -0.2) is 4.68 Å². The summed E-state index contributed by atoms with van der Waals surface area (Å²) in [7, 11) is 0. The number of hydrogen-bond acceptors (Lipinski definition) is 5. The van der Waals surface area contributed by atoms with Crippen LogP contribution in [0.15, 0.2) is 29.4 Å². The molecule has 1 saturated heterocycles. The molecule has 2 heterocycles. The summed E-state index contributed by atoms with van der Waals surface area (Å²) in [5.74, 6) is 7.06. The standard InChI is InChI=1S/C17H22ClN5OS/c1-11-5-3-6-12(2)22(11)15(24)10-25-17-21-20-16(23(17)19)13-7-4-8-14(18)9-13/h4,7-9,11-12H,3,5-6,10,19H2,1-2H3. The molecule has 0 bridgehead atoms. The number of likely N-dealkylation sites (tertiary alicyclic amines) is 1. The number of rotatable bonds is 4. The number of thioether (sulfide) groups is 1. The maximum atomic E-state index is 12.6. The average molecular weight is 380 g/mol. The molecule has 6 nitrogen and oxygen atoms in total. The summed E-state index contributed by atoms with van der Waals surface area (Å²) in [5, 5.41) is 9.37. The van der Waals surface area contributed by atoms with E-state index in [2.05, 4.69) is 24.0 Å². The molecule has 1 aromatic carbocycles. The molecule has 1 fully saturated rings. The first-order valence-electron chi connectivity index (χ1n) is 8.37. The van der Waals surface area contributed by atoms with Gasteiger partial charge in [-0.2, -0.15) is 0 Å². The number of nitrogens with two attached hydrogens (primary N) is 1. The molecule has 0 saturated carbocycles. The lowest BCUT2D eigenvalue weighted by molar-refractivity contribution is -0.134. The molecule has 134 valence electrons. The molecule has 2 aromatic rings. The van der Waals surface area contributed by atoms with Crippen molar-refractivity contribution in [3.63, 3.8) is 0 Å². The summed E-state index contributed by atoms with van der Waals surface area (Å²) in [4.78, 5) is 14.6. The zero-order chi connectivity index (χ0) is 18.0. The number of hydrogen-bond donors (Lipinski definition) is 1. The third kappa shape index (κ3) is 3.93. The van der Waals surface area contributed by atoms with Gasteiger partial charge >= 0.3 is 0 Å². The van der Waals surface area contributed by atoms with E-state index in [1.54, 1.807) is 12.1 Å². The highest BCUT2D eigenvalue weighted by Gasteiger charge is 2.29. The minimum Gasteiger partial charge on any atom is -0.337 e. The van der Waals surface area contributed by atoms with Gasteiger partial charge in [0.2, 0.25) is 11.1 Å². The second kappa shape index (κ2) is 7.66. The highest BCUT2D eigenvalue weighted by atomic mass is 35.5. The predicted molar refractivity (Wildman–Crippen MR) is 101 cm³/mol. The summed E-state index contributed by atoms with van der Waals surface area (Å²) in [5.41, 5.74) is 0.791. The van der Waals surface area contributed by atoms with E-state index in [0.717, 1.165) is 18.4 Å². The Balaban J connectivity index is 1.69. The van der Waals surface area contributed by atoms with E-state index >= 15 is 0 Å². The van der Waals surface area contributed by atoms with Gasteiger partial charge in [0.25, 0.3) is 0 Å². The van der Waals surface area contributed by atoms with E-state index < -0.39 is 0 Å². The largest absolute Gasteiger partial charge is 0.337 e. The molecule has 0 spiro atoms. The number of piperidine rings is 1. The number of halogens is 1. The van der Waals surface area contributed by atoms with Crippen molar-refractivity contribution in [3.05, 3.63) is 29.3 Å². The van der Waals surface area contributed by atoms with Gasteiger partial charge in [-0.1, -0.05) is 35.5 Å². The highest BCUT2D eigenvalue weighted by molar-refractivity contribution is 7.99. The Hall–Kier alpha value is -1.73. The third-order valence-electron chi connectivity index (χ3n) is 4.55. The first-order chi connectivity index (χ1) is 12.0. The molecular weight excluding hydrogens is 358 g/mol. The molecule has 1 aromatic heterocycles. The number of nitrogens with zero attached hydrogens (tertiary/aromatic N) is 4. The minimum atomic E-state index is 0.122. The molecule has 1 amide bonds. The van der Waals surface area contributed by atoms with Crippen molar-refractivity contribution in [1.29, 1.82) is 0 Å². The quantitative estimate of drug-likeness (QED) is 0.652. The Labute approximate surface area is 156 Å². The fourth-order valence-corrected chi connectivity index (χ4v) is 4.23. The van der Waals surface area contributed by atoms with Gasteiger partial charge in [0, 0.05) is 22.7 Å². The van der Waals surface area contributed by atoms with Gasteiger partial charge < -0.3 is 10.7 Å². The summed E-state index contributed by atoms with van der Waals surface area (Å²) >= 11 is 7.33. The van der Waals surface area contributed by atoms with Crippen LogP contribution in [0.3, 0.4) is 0 Å². The summed E-state index contributed by atoms with van der Waals surface area (Å²) in [6.07, 6.45) is 3.30. The first kappa shape index (κ1) is 18.1. The average Bonchev–Trinajstić information content (AvgIpc) is 2.93. The van der Waals surface area contributed by atoms with Crippen LogP contribution in [0.5, 0.6) is 0 Å². The van der Waals surface area contributed by atoms with Crippen LogP contribution < -0.4 is 5.84 Å². The molecule has 1 aliphatic heterocycles. The van der Waals surface area contributed by atoms with E-state index in [9.17, 15) is 4.79 Å². The van der Waals surface area contributed by atoms with Gasteiger partial charge in [-0.05, 0) is 45.2 Å². The molecule has 3 rings (SSSR count).